The molecule has 0 saturated carbocycles. The van der Waals surface area contributed by atoms with Crippen LogP contribution in [-0.2, 0) is 0 Å². The molecule has 5 heteroatoms. The second kappa shape index (κ2) is 14.2. The van der Waals surface area contributed by atoms with Crippen molar-refractivity contribution in [2.24, 2.45) is 0 Å². The quantitative estimate of drug-likeness (QED) is 0.167. The predicted molar refractivity (Wildman–Crippen MR) is 265 cm³/mol. The van der Waals surface area contributed by atoms with E-state index in [2.05, 4.69) is 215 Å². The lowest BCUT2D eigenvalue weighted by molar-refractivity contribution is 1.16. The normalized spacial score (nSPS) is 11.8. The Morgan fingerprint density at radius 1 is 0.317 bits per heavy atom. The van der Waals surface area contributed by atoms with Crippen LogP contribution in [0, 0.1) is 0 Å². The number of pyridine rings is 2. The molecule has 0 unspecified atom stereocenters. The van der Waals surface area contributed by atoms with Crippen molar-refractivity contribution in [1.82, 2.24) is 19.1 Å². The Bertz CT molecular complexity index is 3860. The van der Waals surface area contributed by atoms with E-state index in [9.17, 15) is 0 Å². The second-order valence-electron chi connectivity index (χ2n) is 16.2. The first kappa shape index (κ1) is 35.6. The summed E-state index contributed by atoms with van der Waals surface area (Å²) in [6.45, 7) is 0. The average Bonchev–Trinajstić information content (AvgIpc) is 4.01. The SMILES string of the molecule is c1ccc(-c2cc(-n3c4ccccc4c4cc(-c5cccc(-c6ccc7c(c6)c6ccccc6n7-c6ccc7sc8cccnc8c7c6)c5)ccc43)cc(-c3ccccc3)n2)cc1. The molecule has 0 aliphatic carbocycles. The molecule has 0 saturated heterocycles. The Kier molecular flexibility index (Phi) is 8.05. The summed E-state index contributed by atoms with van der Waals surface area (Å²) in [5.41, 5.74) is 16.8. The fraction of sp³-hybridized carbons (Fsp3) is 0. The first-order valence-corrected chi connectivity index (χ1v) is 22.1. The minimum Gasteiger partial charge on any atom is -0.309 e. The van der Waals surface area contributed by atoms with E-state index >= 15 is 0 Å². The summed E-state index contributed by atoms with van der Waals surface area (Å²) in [5.74, 6) is 0. The summed E-state index contributed by atoms with van der Waals surface area (Å²) in [6, 6.07) is 76.7. The third kappa shape index (κ3) is 5.82. The second-order valence-corrected chi connectivity index (χ2v) is 17.3. The zero-order valence-electron chi connectivity index (χ0n) is 34.0. The van der Waals surface area contributed by atoms with Gasteiger partial charge < -0.3 is 9.13 Å². The molecule has 4 nitrogen and oxygen atoms in total. The van der Waals surface area contributed by atoms with Crippen molar-refractivity contribution in [3.8, 4) is 56.1 Å². The standard InChI is InChI=1S/C58H36N4S/c1-3-13-37(14-4-1)50-35-44(36-51(60-50)38-15-5-2-6-16-38)62-53-22-10-8-20-46(53)48-33-42(25-28-55(48)62)40-18-11-17-39(31-40)41-24-27-54-47(32-41)45-19-7-9-21-52(45)61(54)43-26-29-56-49(34-43)58-57(63-56)23-12-30-59-58/h1-36H. The zero-order chi connectivity index (χ0) is 41.4. The Balaban J connectivity index is 0.920. The summed E-state index contributed by atoms with van der Waals surface area (Å²) >= 11 is 1.80. The minimum atomic E-state index is 0.945. The van der Waals surface area contributed by atoms with Gasteiger partial charge in [-0.15, -0.1) is 11.3 Å². The van der Waals surface area contributed by atoms with E-state index in [-0.39, 0.29) is 0 Å². The molecule has 5 heterocycles. The third-order valence-electron chi connectivity index (χ3n) is 12.5. The van der Waals surface area contributed by atoms with Crippen molar-refractivity contribution in [3.63, 3.8) is 0 Å². The highest BCUT2D eigenvalue weighted by Crippen LogP contribution is 2.40. The molecular formula is C58H36N4S. The number of nitrogens with zero attached hydrogens (tertiary/aromatic N) is 4. The van der Waals surface area contributed by atoms with E-state index in [1.165, 1.54) is 69.6 Å². The maximum Gasteiger partial charge on any atom is 0.0889 e. The van der Waals surface area contributed by atoms with Gasteiger partial charge in [0.05, 0.1) is 49.4 Å². The van der Waals surface area contributed by atoms with Crippen LogP contribution in [0.4, 0.5) is 0 Å². The molecule has 8 aromatic carbocycles. The molecule has 0 amide bonds. The molecule has 0 atom stereocenters. The number of rotatable bonds is 6. The molecule has 13 rings (SSSR count). The maximum atomic E-state index is 5.18. The molecule has 0 N–H and O–H groups in total. The summed E-state index contributed by atoms with van der Waals surface area (Å²) in [4.78, 5) is 9.93. The number of hydrogen-bond acceptors (Lipinski definition) is 3. The van der Waals surface area contributed by atoms with Gasteiger partial charge in [-0.25, -0.2) is 4.98 Å². The Morgan fingerprint density at radius 2 is 0.841 bits per heavy atom. The van der Waals surface area contributed by atoms with Gasteiger partial charge in [0, 0.05) is 54.6 Å². The van der Waals surface area contributed by atoms with Gasteiger partial charge in [-0.05, 0) is 107 Å². The number of hydrogen-bond donors (Lipinski definition) is 0. The fourth-order valence-electron chi connectivity index (χ4n) is 9.62. The molecule has 13 aromatic rings. The van der Waals surface area contributed by atoms with Crippen molar-refractivity contribution in [3.05, 3.63) is 219 Å². The smallest absolute Gasteiger partial charge is 0.0889 e. The lowest BCUT2D eigenvalue weighted by Gasteiger charge is -2.13. The lowest BCUT2D eigenvalue weighted by Crippen LogP contribution is -1.98. The molecule has 0 spiro atoms. The Labute approximate surface area is 367 Å². The van der Waals surface area contributed by atoms with Crippen molar-refractivity contribution in [2.45, 2.75) is 0 Å². The van der Waals surface area contributed by atoms with Crippen LogP contribution in [0.15, 0.2) is 219 Å². The van der Waals surface area contributed by atoms with E-state index in [1.807, 2.05) is 12.3 Å². The zero-order valence-corrected chi connectivity index (χ0v) is 34.8. The van der Waals surface area contributed by atoms with Crippen LogP contribution in [0.5, 0.6) is 0 Å². The Hall–Kier alpha value is -8.12. The number of benzene rings is 8. The first-order valence-electron chi connectivity index (χ1n) is 21.3. The number of fused-ring (bicyclic) bond motifs is 9. The van der Waals surface area contributed by atoms with Gasteiger partial charge in [0.15, 0.2) is 0 Å². The van der Waals surface area contributed by atoms with E-state index < -0.39 is 0 Å². The fourth-order valence-corrected chi connectivity index (χ4v) is 10.7. The van der Waals surface area contributed by atoms with Crippen LogP contribution in [0.3, 0.4) is 0 Å². The van der Waals surface area contributed by atoms with Gasteiger partial charge in [0.25, 0.3) is 0 Å². The number of para-hydroxylation sites is 2. The molecule has 5 aromatic heterocycles. The first-order chi connectivity index (χ1) is 31.2. The van der Waals surface area contributed by atoms with Crippen molar-refractivity contribution >= 4 is 75.3 Å². The van der Waals surface area contributed by atoms with Crippen molar-refractivity contribution < 1.29 is 0 Å². The average molecular weight is 821 g/mol. The van der Waals surface area contributed by atoms with E-state index in [0.717, 1.165) is 50.4 Å². The van der Waals surface area contributed by atoms with Gasteiger partial charge in [-0.3, -0.25) is 4.98 Å². The molecule has 294 valence electrons. The lowest BCUT2D eigenvalue weighted by atomic mass is 9.97. The minimum absolute atomic E-state index is 0.945. The largest absolute Gasteiger partial charge is 0.309 e. The van der Waals surface area contributed by atoms with E-state index in [4.69, 9.17) is 9.97 Å². The highest BCUT2D eigenvalue weighted by atomic mass is 32.1. The van der Waals surface area contributed by atoms with Gasteiger partial charge in [0.1, 0.15) is 0 Å². The molecule has 0 aliphatic heterocycles. The highest BCUT2D eigenvalue weighted by Gasteiger charge is 2.18. The monoisotopic (exact) mass is 820 g/mol. The van der Waals surface area contributed by atoms with Gasteiger partial charge >= 0.3 is 0 Å². The molecule has 0 aliphatic rings. The molecular weight excluding hydrogens is 785 g/mol. The van der Waals surface area contributed by atoms with E-state index in [0.29, 0.717) is 0 Å². The summed E-state index contributed by atoms with van der Waals surface area (Å²) < 4.78 is 7.27. The summed E-state index contributed by atoms with van der Waals surface area (Å²) in [7, 11) is 0. The summed E-state index contributed by atoms with van der Waals surface area (Å²) in [5, 5.41) is 6.10. The maximum absolute atomic E-state index is 5.18. The van der Waals surface area contributed by atoms with Crippen LogP contribution in [0.25, 0.3) is 120 Å². The van der Waals surface area contributed by atoms with Gasteiger partial charge in [-0.2, -0.15) is 0 Å². The molecule has 63 heavy (non-hydrogen) atoms. The number of aromatic nitrogens is 4. The van der Waals surface area contributed by atoms with Crippen molar-refractivity contribution in [1.29, 1.82) is 0 Å². The van der Waals surface area contributed by atoms with Crippen LogP contribution >= 0.6 is 11.3 Å². The van der Waals surface area contributed by atoms with Crippen LogP contribution in [0.1, 0.15) is 0 Å². The highest BCUT2D eigenvalue weighted by molar-refractivity contribution is 7.25. The third-order valence-corrected chi connectivity index (χ3v) is 13.7. The molecule has 0 radical (unpaired) electrons. The van der Waals surface area contributed by atoms with E-state index in [1.54, 1.807) is 11.3 Å². The van der Waals surface area contributed by atoms with Gasteiger partial charge in [0.2, 0.25) is 0 Å². The summed E-state index contributed by atoms with van der Waals surface area (Å²) in [6.07, 6.45) is 1.89. The van der Waals surface area contributed by atoms with Gasteiger partial charge in [-0.1, -0.05) is 127 Å². The molecule has 0 fully saturated rings. The van der Waals surface area contributed by atoms with Crippen LogP contribution in [-0.4, -0.2) is 19.1 Å². The van der Waals surface area contributed by atoms with Crippen LogP contribution < -0.4 is 0 Å². The predicted octanol–water partition coefficient (Wildman–Crippen LogP) is 15.7. The Morgan fingerprint density at radius 3 is 1.46 bits per heavy atom. The topological polar surface area (TPSA) is 35.6 Å². The number of thiophene rings is 1. The van der Waals surface area contributed by atoms with Crippen molar-refractivity contribution in [2.75, 3.05) is 0 Å². The van der Waals surface area contributed by atoms with Crippen LogP contribution in [0.2, 0.25) is 0 Å². The molecule has 0 bridgehead atoms.